The highest BCUT2D eigenvalue weighted by molar-refractivity contribution is 5.94. The lowest BCUT2D eigenvalue weighted by molar-refractivity contribution is 0.0152. The second kappa shape index (κ2) is 7.83. The molecule has 150 valence electrons. The molecule has 1 aliphatic rings. The van der Waals surface area contributed by atoms with Crippen LogP contribution < -0.4 is 14.2 Å². The van der Waals surface area contributed by atoms with Crippen LogP contribution in [0.3, 0.4) is 0 Å². The van der Waals surface area contributed by atoms with E-state index in [0.717, 1.165) is 5.56 Å². The van der Waals surface area contributed by atoms with Crippen LogP contribution in [0.15, 0.2) is 48.7 Å². The van der Waals surface area contributed by atoms with Crippen molar-refractivity contribution in [2.45, 2.75) is 6.10 Å². The van der Waals surface area contributed by atoms with Crippen molar-refractivity contribution in [1.82, 2.24) is 19.7 Å². The van der Waals surface area contributed by atoms with E-state index in [2.05, 4.69) is 10.1 Å². The molecule has 0 aliphatic carbocycles. The van der Waals surface area contributed by atoms with Crippen LogP contribution in [0.25, 0.3) is 11.3 Å². The summed E-state index contributed by atoms with van der Waals surface area (Å²) in [7, 11) is 4.96. The fourth-order valence-electron chi connectivity index (χ4n) is 3.24. The summed E-state index contributed by atoms with van der Waals surface area (Å²) in [5, 5.41) is 4.51. The number of carbonyl (C=O) groups is 1. The Kier molecular flexibility index (Phi) is 5.07. The lowest BCUT2D eigenvalue weighted by atomic mass is 10.1. The number of pyridine rings is 1. The molecule has 0 radical (unpaired) electrons. The minimum atomic E-state index is -0.0889. The molecule has 1 aliphatic heterocycles. The van der Waals surface area contributed by atoms with Gasteiger partial charge in [-0.25, -0.2) is 4.98 Å². The van der Waals surface area contributed by atoms with Crippen molar-refractivity contribution in [3.8, 4) is 28.6 Å². The van der Waals surface area contributed by atoms with Crippen LogP contribution in [0, 0.1) is 0 Å². The number of ether oxygens (including phenoxy) is 3. The molecule has 4 rings (SSSR count). The molecule has 0 atom stereocenters. The van der Waals surface area contributed by atoms with Gasteiger partial charge in [0.15, 0.2) is 0 Å². The van der Waals surface area contributed by atoms with E-state index in [-0.39, 0.29) is 12.0 Å². The van der Waals surface area contributed by atoms with Gasteiger partial charge < -0.3 is 19.1 Å². The fraction of sp³-hybridized carbons (Fsp3) is 0.286. The molecule has 3 heterocycles. The van der Waals surface area contributed by atoms with E-state index < -0.39 is 0 Å². The molecular weight excluding hydrogens is 372 g/mol. The van der Waals surface area contributed by atoms with Crippen molar-refractivity contribution in [2.24, 2.45) is 7.05 Å². The molecule has 8 nitrogen and oxygen atoms in total. The Bertz CT molecular complexity index is 1010. The highest BCUT2D eigenvalue weighted by atomic mass is 16.5. The monoisotopic (exact) mass is 394 g/mol. The Morgan fingerprint density at radius 2 is 1.93 bits per heavy atom. The molecule has 1 aromatic carbocycles. The van der Waals surface area contributed by atoms with Gasteiger partial charge in [-0.3, -0.25) is 9.48 Å². The van der Waals surface area contributed by atoms with E-state index in [1.54, 1.807) is 49.2 Å². The largest absolute Gasteiger partial charge is 0.497 e. The zero-order valence-electron chi connectivity index (χ0n) is 16.5. The lowest BCUT2D eigenvalue weighted by Gasteiger charge is -2.38. The molecule has 0 unspecified atom stereocenters. The van der Waals surface area contributed by atoms with Crippen molar-refractivity contribution in [2.75, 3.05) is 27.3 Å². The number of rotatable bonds is 6. The van der Waals surface area contributed by atoms with E-state index >= 15 is 0 Å². The molecule has 0 saturated carbocycles. The first-order chi connectivity index (χ1) is 14.1. The number of benzene rings is 1. The molecule has 3 aromatic rings. The maximum atomic E-state index is 12.9. The average molecular weight is 394 g/mol. The van der Waals surface area contributed by atoms with Crippen molar-refractivity contribution in [3.63, 3.8) is 0 Å². The third-order valence-electron chi connectivity index (χ3n) is 4.84. The molecule has 29 heavy (non-hydrogen) atoms. The van der Waals surface area contributed by atoms with Crippen LogP contribution in [0.4, 0.5) is 0 Å². The third kappa shape index (κ3) is 3.73. The van der Waals surface area contributed by atoms with Crippen molar-refractivity contribution < 1.29 is 19.0 Å². The standard InChI is InChI=1S/C21H22N4O4/c1-24-18(11-17(23-24)16-10-14(27-2)7-8-19(16)28-3)21(26)25-12-15(13-25)29-20-6-4-5-9-22-20/h4-11,15H,12-13H2,1-3H3. The first-order valence-electron chi connectivity index (χ1n) is 9.22. The molecule has 1 fully saturated rings. The van der Waals surface area contributed by atoms with E-state index in [1.807, 2.05) is 30.3 Å². The number of aromatic nitrogens is 3. The van der Waals surface area contributed by atoms with E-state index in [0.29, 0.717) is 41.9 Å². The Morgan fingerprint density at radius 3 is 2.62 bits per heavy atom. The smallest absolute Gasteiger partial charge is 0.272 e. The molecule has 0 N–H and O–H groups in total. The number of likely N-dealkylation sites (tertiary alicyclic amines) is 1. The van der Waals surface area contributed by atoms with Gasteiger partial charge in [-0.15, -0.1) is 0 Å². The van der Waals surface area contributed by atoms with Gasteiger partial charge in [0.1, 0.15) is 23.3 Å². The maximum absolute atomic E-state index is 12.9. The van der Waals surface area contributed by atoms with E-state index in [4.69, 9.17) is 14.2 Å². The Labute approximate surface area is 168 Å². The normalized spacial score (nSPS) is 13.7. The van der Waals surface area contributed by atoms with E-state index in [9.17, 15) is 4.79 Å². The summed E-state index contributed by atoms with van der Waals surface area (Å²) in [4.78, 5) is 18.8. The van der Waals surface area contributed by atoms with Crippen LogP contribution in [-0.4, -0.2) is 59.0 Å². The van der Waals surface area contributed by atoms with Crippen molar-refractivity contribution >= 4 is 5.91 Å². The summed E-state index contributed by atoms with van der Waals surface area (Å²) in [6.45, 7) is 1.02. The second-order valence-electron chi connectivity index (χ2n) is 6.72. The van der Waals surface area contributed by atoms with E-state index in [1.165, 1.54) is 0 Å². The number of methoxy groups -OCH3 is 2. The number of hydrogen-bond donors (Lipinski definition) is 0. The van der Waals surface area contributed by atoms with Crippen LogP contribution in [-0.2, 0) is 7.05 Å². The summed E-state index contributed by atoms with van der Waals surface area (Å²) in [6.07, 6.45) is 1.63. The quantitative estimate of drug-likeness (QED) is 0.639. The van der Waals surface area contributed by atoms with Crippen LogP contribution in [0.5, 0.6) is 17.4 Å². The van der Waals surface area contributed by atoms with Crippen molar-refractivity contribution in [3.05, 3.63) is 54.4 Å². The first kappa shape index (κ1) is 18.8. The van der Waals surface area contributed by atoms with Gasteiger partial charge in [-0.05, 0) is 30.3 Å². The number of nitrogens with zero attached hydrogens (tertiary/aromatic N) is 4. The van der Waals surface area contributed by atoms with Gasteiger partial charge in [-0.2, -0.15) is 5.10 Å². The minimum absolute atomic E-state index is 0.0555. The number of aryl methyl sites for hydroxylation is 1. The number of hydrogen-bond acceptors (Lipinski definition) is 6. The summed E-state index contributed by atoms with van der Waals surface area (Å²) < 4.78 is 18.1. The molecule has 2 aromatic heterocycles. The average Bonchev–Trinajstić information content (AvgIpc) is 3.11. The van der Waals surface area contributed by atoms with Gasteiger partial charge >= 0.3 is 0 Å². The zero-order valence-corrected chi connectivity index (χ0v) is 16.5. The number of carbonyl (C=O) groups excluding carboxylic acids is 1. The first-order valence-corrected chi connectivity index (χ1v) is 9.22. The second-order valence-corrected chi connectivity index (χ2v) is 6.72. The molecule has 0 bridgehead atoms. The molecule has 8 heteroatoms. The summed E-state index contributed by atoms with van der Waals surface area (Å²) in [6, 6.07) is 12.8. The van der Waals surface area contributed by atoms with Crippen LogP contribution in [0.1, 0.15) is 10.5 Å². The third-order valence-corrected chi connectivity index (χ3v) is 4.84. The summed E-state index contributed by atoms with van der Waals surface area (Å²) >= 11 is 0. The predicted molar refractivity (Wildman–Crippen MR) is 106 cm³/mol. The highest BCUT2D eigenvalue weighted by Gasteiger charge is 2.34. The summed E-state index contributed by atoms with van der Waals surface area (Å²) in [5.74, 6) is 1.83. The lowest BCUT2D eigenvalue weighted by Crippen LogP contribution is -2.56. The van der Waals surface area contributed by atoms with Gasteiger partial charge in [0.05, 0.1) is 33.0 Å². The maximum Gasteiger partial charge on any atom is 0.272 e. The highest BCUT2D eigenvalue weighted by Crippen LogP contribution is 2.33. The molecule has 1 saturated heterocycles. The fourth-order valence-corrected chi connectivity index (χ4v) is 3.24. The topological polar surface area (TPSA) is 78.7 Å². The van der Waals surface area contributed by atoms with Gasteiger partial charge in [0.25, 0.3) is 5.91 Å². The Hall–Kier alpha value is -3.55. The van der Waals surface area contributed by atoms with Gasteiger partial charge in [0.2, 0.25) is 5.88 Å². The number of amides is 1. The van der Waals surface area contributed by atoms with Crippen molar-refractivity contribution in [1.29, 1.82) is 0 Å². The summed E-state index contributed by atoms with van der Waals surface area (Å²) in [5.41, 5.74) is 1.91. The molecule has 1 amide bonds. The Morgan fingerprint density at radius 1 is 1.10 bits per heavy atom. The minimum Gasteiger partial charge on any atom is -0.497 e. The SMILES string of the molecule is COc1ccc(OC)c(-c2cc(C(=O)N3CC(Oc4ccccn4)C3)n(C)n2)c1. The van der Waals surface area contributed by atoms with Gasteiger partial charge in [0, 0.05) is 24.9 Å². The zero-order chi connectivity index (χ0) is 20.4. The Balaban J connectivity index is 1.48. The molecular formula is C21H22N4O4. The van der Waals surface area contributed by atoms with Crippen LogP contribution in [0.2, 0.25) is 0 Å². The van der Waals surface area contributed by atoms with Crippen LogP contribution >= 0.6 is 0 Å². The van der Waals surface area contributed by atoms with Gasteiger partial charge in [-0.1, -0.05) is 6.07 Å². The predicted octanol–water partition coefficient (Wildman–Crippen LogP) is 2.40. The molecule has 0 spiro atoms.